The lowest BCUT2D eigenvalue weighted by atomic mass is 9.72. The molecule has 4 rings (SSSR count). The predicted octanol–water partition coefficient (Wildman–Crippen LogP) is 6.21. The zero-order valence-corrected chi connectivity index (χ0v) is 20.1. The van der Waals surface area contributed by atoms with E-state index < -0.39 is 29.8 Å². The van der Waals surface area contributed by atoms with Crippen LogP contribution < -0.4 is 15.2 Å². The third kappa shape index (κ3) is 6.90. The van der Waals surface area contributed by atoms with E-state index in [-0.39, 0.29) is 5.92 Å². The first kappa shape index (κ1) is 27.6. The lowest BCUT2D eigenvalue weighted by Gasteiger charge is -2.42. The zero-order chi connectivity index (χ0) is 27.6. The molecule has 0 aromatic heterocycles. The van der Waals surface area contributed by atoms with Gasteiger partial charge >= 0.3 is 12.7 Å². The topological polar surface area (TPSA) is 68.0 Å². The second kappa shape index (κ2) is 10.7. The van der Waals surface area contributed by atoms with E-state index in [1.807, 2.05) is 18.2 Å². The van der Waals surface area contributed by atoms with E-state index in [0.29, 0.717) is 49.3 Å². The summed E-state index contributed by atoms with van der Waals surface area (Å²) in [4.78, 5) is 2.20. The van der Waals surface area contributed by atoms with Gasteiger partial charge in [0.05, 0.1) is 0 Å². The Balaban J connectivity index is 1.59. The highest BCUT2D eigenvalue weighted by molar-refractivity contribution is 5.42. The van der Waals surface area contributed by atoms with Gasteiger partial charge in [0.25, 0.3) is 0 Å². The molecule has 0 radical (unpaired) electrons. The van der Waals surface area contributed by atoms with Gasteiger partial charge in [-0.15, -0.1) is 26.3 Å². The molecule has 1 heterocycles. The number of hydrogen-bond acceptors (Lipinski definition) is 5. The molecule has 3 aromatic carbocycles. The number of halogens is 6. The Morgan fingerprint density at radius 2 is 1.24 bits per heavy atom. The first-order valence-electron chi connectivity index (χ1n) is 11.8. The maximum absolute atomic E-state index is 12.6. The number of ether oxygens (including phenoxy) is 2. The number of nitrogen functional groups attached to an aromatic ring is 1. The summed E-state index contributed by atoms with van der Waals surface area (Å²) in [6.07, 6.45) is -8.69. The molecule has 0 amide bonds. The van der Waals surface area contributed by atoms with Crippen molar-refractivity contribution < 1.29 is 40.9 Å². The Hall–Kier alpha value is -3.44. The van der Waals surface area contributed by atoms with Crippen molar-refractivity contribution in [2.45, 2.75) is 37.7 Å². The fraction of sp³-hybridized carbons (Fsp3) is 0.333. The predicted molar refractivity (Wildman–Crippen MR) is 128 cm³/mol. The van der Waals surface area contributed by atoms with E-state index in [4.69, 9.17) is 5.73 Å². The molecule has 5 nitrogen and oxygen atoms in total. The number of anilines is 1. The molecule has 0 saturated carbocycles. The lowest BCUT2D eigenvalue weighted by molar-refractivity contribution is -0.275. The number of benzene rings is 3. The number of likely N-dealkylation sites (tertiary alicyclic amines) is 1. The number of piperidine rings is 1. The molecule has 1 aliphatic heterocycles. The average molecular weight is 541 g/mol. The van der Waals surface area contributed by atoms with Crippen molar-refractivity contribution in [3.05, 3.63) is 89.5 Å². The Labute approximate surface area is 215 Å². The summed E-state index contributed by atoms with van der Waals surface area (Å²) >= 11 is 0. The van der Waals surface area contributed by atoms with Crippen molar-refractivity contribution in [2.24, 2.45) is 5.92 Å². The fourth-order valence-electron chi connectivity index (χ4n) is 4.92. The van der Waals surface area contributed by atoms with Gasteiger partial charge in [-0.3, -0.25) is 4.90 Å². The molecule has 1 saturated heterocycles. The highest BCUT2D eigenvalue weighted by Gasteiger charge is 2.42. The number of nitrogens with two attached hydrogens (primary N) is 1. The number of nitrogens with zero attached hydrogens (tertiary/aromatic N) is 1. The van der Waals surface area contributed by atoms with Crippen LogP contribution in [-0.2, 0) is 12.1 Å². The third-order valence-electron chi connectivity index (χ3n) is 6.59. The van der Waals surface area contributed by atoms with Gasteiger partial charge in [0.2, 0.25) is 0 Å². The highest BCUT2D eigenvalue weighted by Crippen LogP contribution is 2.43. The number of hydrogen-bond donors (Lipinski definition) is 2. The van der Waals surface area contributed by atoms with Gasteiger partial charge in [-0.2, -0.15) is 0 Å². The first-order chi connectivity index (χ1) is 17.8. The molecule has 1 aliphatic rings. The van der Waals surface area contributed by atoms with E-state index >= 15 is 0 Å². The normalized spacial score (nSPS) is 15.9. The molecular formula is C27H26F6N2O3. The van der Waals surface area contributed by atoms with E-state index in [0.717, 1.165) is 29.8 Å². The Bertz CT molecular complexity index is 1150. The summed E-state index contributed by atoms with van der Waals surface area (Å²) in [5.41, 5.74) is 6.47. The van der Waals surface area contributed by atoms with E-state index in [1.165, 1.54) is 24.3 Å². The van der Waals surface area contributed by atoms with Crippen molar-refractivity contribution in [3.63, 3.8) is 0 Å². The molecule has 1 fully saturated rings. The summed E-state index contributed by atoms with van der Waals surface area (Å²) in [6, 6.07) is 17.3. The van der Waals surface area contributed by atoms with Crippen LogP contribution in [0.2, 0.25) is 0 Å². The van der Waals surface area contributed by atoms with Crippen molar-refractivity contribution in [1.29, 1.82) is 0 Å². The number of rotatable bonds is 7. The standard InChI is InChI=1S/C27H26F6N2O3/c28-26(29,30)37-23-8-4-19(5-9-23)25(36,20-6-10-24(11-7-20)38-27(31,32)33)21-12-14-35(15-13-21)17-18-2-1-3-22(34)16-18/h1-11,16,21,36H,12-15,17,34H2. The van der Waals surface area contributed by atoms with Crippen LogP contribution in [0.1, 0.15) is 29.5 Å². The summed E-state index contributed by atoms with van der Waals surface area (Å²) in [5, 5.41) is 12.1. The van der Waals surface area contributed by atoms with Crippen LogP contribution in [-0.4, -0.2) is 35.8 Å². The summed E-state index contributed by atoms with van der Waals surface area (Å²) in [5.74, 6) is -1.27. The highest BCUT2D eigenvalue weighted by atomic mass is 19.4. The number of aliphatic hydroxyl groups is 1. The van der Waals surface area contributed by atoms with Crippen LogP contribution in [0.4, 0.5) is 32.0 Å². The molecule has 38 heavy (non-hydrogen) atoms. The van der Waals surface area contributed by atoms with Crippen molar-refractivity contribution in [1.82, 2.24) is 4.90 Å². The van der Waals surface area contributed by atoms with Crippen LogP contribution in [0.25, 0.3) is 0 Å². The Kier molecular flexibility index (Phi) is 7.80. The van der Waals surface area contributed by atoms with E-state index in [9.17, 15) is 31.4 Å². The van der Waals surface area contributed by atoms with Crippen LogP contribution in [0.5, 0.6) is 11.5 Å². The quantitative estimate of drug-likeness (QED) is 0.275. The average Bonchev–Trinajstić information content (AvgIpc) is 2.83. The summed E-state index contributed by atoms with van der Waals surface area (Å²) in [6.45, 7) is 1.89. The SMILES string of the molecule is Nc1cccc(CN2CCC(C(O)(c3ccc(OC(F)(F)F)cc3)c3ccc(OC(F)(F)F)cc3)CC2)c1. The van der Waals surface area contributed by atoms with Crippen LogP contribution >= 0.6 is 0 Å². The Morgan fingerprint density at radius 1 is 0.763 bits per heavy atom. The largest absolute Gasteiger partial charge is 0.573 e. The van der Waals surface area contributed by atoms with Gasteiger partial charge in [0.15, 0.2) is 0 Å². The molecule has 0 unspecified atom stereocenters. The lowest BCUT2D eigenvalue weighted by Crippen LogP contribution is -2.44. The van der Waals surface area contributed by atoms with Crippen molar-refractivity contribution in [3.8, 4) is 11.5 Å². The molecule has 3 N–H and O–H groups in total. The van der Waals surface area contributed by atoms with Gasteiger partial charge in [-0.25, -0.2) is 0 Å². The van der Waals surface area contributed by atoms with E-state index in [1.54, 1.807) is 6.07 Å². The molecule has 11 heteroatoms. The van der Waals surface area contributed by atoms with Gasteiger partial charge in [0, 0.05) is 12.2 Å². The maximum Gasteiger partial charge on any atom is 0.573 e. The molecule has 204 valence electrons. The van der Waals surface area contributed by atoms with Gasteiger partial charge in [0.1, 0.15) is 17.1 Å². The zero-order valence-electron chi connectivity index (χ0n) is 20.1. The van der Waals surface area contributed by atoms with Gasteiger partial charge in [-0.1, -0.05) is 36.4 Å². The summed E-state index contributed by atoms with van der Waals surface area (Å²) < 4.78 is 83.6. The third-order valence-corrected chi connectivity index (χ3v) is 6.59. The fourth-order valence-corrected chi connectivity index (χ4v) is 4.92. The van der Waals surface area contributed by atoms with Crippen molar-refractivity contribution >= 4 is 5.69 Å². The molecule has 0 bridgehead atoms. The monoisotopic (exact) mass is 540 g/mol. The molecular weight excluding hydrogens is 514 g/mol. The minimum absolute atomic E-state index is 0.297. The molecule has 0 aliphatic carbocycles. The second-order valence-electron chi connectivity index (χ2n) is 9.21. The van der Waals surface area contributed by atoms with Crippen LogP contribution in [0.15, 0.2) is 72.8 Å². The Morgan fingerprint density at radius 3 is 1.66 bits per heavy atom. The van der Waals surface area contributed by atoms with Crippen LogP contribution in [0, 0.1) is 5.92 Å². The molecule has 0 atom stereocenters. The van der Waals surface area contributed by atoms with Crippen LogP contribution in [0.3, 0.4) is 0 Å². The first-order valence-corrected chi connectivity index (χ1v) is 11.8. The second-order valence-corrected chi connectivity index (χ2v) is 9.21. The minimum atomic E-state index is -4.87. The van der Waals surface area contributed by atoms with Gasteiger partial charge < -0.3 is 20.3 Å². The van der Waals surface area contributed by atoms with Crippen molar-refractivity contribution in [2.75, 3.05) is 18.8 Å². The maximum atomic E-state index is 12.6. The van der Waals surface area contributed by atoms with E-state index in [2.05, 4.69) is 14.4 Å². The number of alkyl halides is 6. The van der Waals surface area contributed by atoms with Gasteiger partial charge in [-0.05, 0) is 84.9 Å². The molecule has 0 spiro atoms. The minimum Gasteiger partial charge on any atom is -0.406 e. The smallest absolute Gasteiger partial charge is 0.406 e. The summed E-state index contributed by atoms with van der Waals surface area (Å²) in [7, 11) is 0. The molecule has 3 aromatic rings.